The van der Waals surface area contributed by atoms with Crippen molar-refractivity contribution in [2.24, 2.45) is 11.7 Å². The van der Waals surface area contributed by atoms with Gasteiger partial charge in [-0.1, -0.05) is 26.7 Å². The second kappa shape index (κ2) is 12.0. The van der Waals surface area contributed by atoms with Gasteiger partial charge in [-0.15, -0.1) is 0 Å². The number of carbonyl (C=O) groups excluding carboxylic acids is 2. The Bertz CT molecular complexity index is 286. The highest BCUT2D eigenvalue weighted by Gasteiger charge is 2.17. The van der Waals surface area contributed by atoms with E-state index in [-0.39, 0.29) is 24.3 Å². The van der Waals surface area contributed by atoms with Crippen LogP contribution in [-0.4, -0.2) is 43.0 Å². The normalized spacial score (nSPS) is 12.2. The van der Waals surface area contributed by atoms with Gasteiger partial charge in [0.25, 0.3) is 0 Å². The van der Waals surface area contributed by atoms with Gasteiger partial charge in [0.2, 0.25) is 11.8 Å². The molecule has 1 atom stereocenters. The molecule has 0 bridgehead atoms. The SMILES string of the molecule is CSCCCCCCNC(=O)CNC(=O)[C@@H](N)C(C)C. The van der Waals surface area contributed by atoms with Crippen molar-refractivity contribution in [3.8, 4) is 0 Å². The zero-order valence-corrected chi connectivity index (χ0v) is 13.7. The summed E-state index contributed by atoms with van der Waals surface area (Å²) in [4.78, 5) is 23.1. The van der Waals surface area contributed by atoms with Gasteiger partial charge in [-0.05, 0) is 30.8 Å². The van der Waals surface area contributed by atoms with Gasteiger partial charge in [-0.2, -0.15) is 11.8 Å². The maximum Gasteiger partial charge on any atom is 0.239 e. The summed E-state index contributed by atoms with van der Waals surface area (Å²) in [5, 5.41) is 5.35. The summed E-state index contributed by atoms with van der Waals surface area (Å²) in [5.74, 6) is 0.846. The van der Waals surface area contributed by atoms with E-state index in [9.17, 15) is 9.59 Å². The molecule has 0 aliphatic heterocycles. The van der Waals surface area contributed by atoms with Gasteiger partial charge in [0, 0.05) is 6.54 Å². The number of amides is 2. The minimum absolute atomic E-state index is 0.00568. The number of hydrogen-bond donors (Lipinski definition) is 3. The van der Waals surface area contributed by atoms with Crippen molar-refractivity contribution >= 4 is 23.6 Å². The number of rotatable bonds is 11. The first-order valence-electron chi connectivity index (χ1n) is 7.28. The molecule has 0 aliphatic rings. The Balaban J connectivity index is 3.52. The van der Waals surface area contributed by atoms with E-state index in [2.05, 4.69) is 16.9 Å². The summed E-state index contributed by atoms with van der Waals surface area (Å²) in [7, 11) is 0. The van der Waals surface area contributed by atoms with Crippen LogP contribution < -0.4 is 16.4 Å². The molecule has 6 heteroatoms. The van der Waals surface area contributed by atoms with E-state index in [0.29, 0.717) is 6.54 Å². The van der Waals surface area contributed by atoms with Crippen LogP contribution in [0.4, 0.5) is 0 Å². The maximum absolute atomic E-state index is 11.5. The number of nitrogens with two attached hydrogens (primary N) is 1. The fourth-order valence-electron chi connectivity index (χ4n) is 1.60. The van der Waals surface area contributed by atoms with Gasteiger partial charge in [-0.25, -0.2) is 0 Å². The van der Waals surface area contributed by atoms with Crippen LogP contribution in [0.3, 0.4) is 0 Å². The zero-order valence-electron chi connectivity index (χ0n) is 12.9. The Labute approximate surface area is 126 Å². The third kappa shape index (κ3) is 10.1. The lowest BCUT2D eigenvalue weighted by Gasteiger charge is -2.15. The third-order valence-corrected chi connectivity index (χ3v) is 3.74. The Morgan fingerprint density at radius 2 is 1.75 bits per heavy atom. The summed E-state index contributed by atoms with van der Waals surface area (Å²) in [6, 6.07) is -0.556. The Kier molecular flexibility index (Phi) is 11.6. The van der Waals surface area contributed by atoms with Crippen molar-refractivity contribution < 1.29 is 9.59 Å². The summed E-state index contributed by atoms with van der Waals surface area (Å²) in [6.45, 7) is 4.43. The molecule has 0 spiro atoms. The first kappa shape index (κ1) is 19.2. The minimum Gasteiger partial charge on any atom is -0.355 e. The molecule has 4 N–H and O–H groups in total. The summed E-state index contributed by atoms with van der Waals surface area (Å²) in [5.41, 5.74) is 5.68. The van der Waals surface area contributed by atoms with Gasteiger partial charge < -0.3 is 16.4 Å². The quantitative estimate of drug-likeness (QED) is 0.500. The van der Waals surface area contributed by atoms with Crippen LogP contribution in [0.2, 0.25) is 0 Å². The number of nitrogens with one attached hydrogen (secondary N) is 2. The molecule has 0 aromatic rings. The van der Waals surface area contributed by atoms with E-state index in [1.165, 1.54) is 18.6 Å². The molecule has 20 heavy (non-hydrogen) atoms. The fourth-order valence-corrected chi connectivity index (χ4v) is 2.10. The standard InChI is InChI=1S/C14H29N3O2S/c1-11(2)13(15)14(19)17-10-12(18)16-8-6-4-5-7-9-20-3/h11,13H,4-10,15H2,1-3H3,(H,16,18)(H,17,19)/t13-/m0/s1. The van der Waals surface area contributed by atoms with E-state index in [4.69, 9.17) is 5.73 Å². The fraction of sp³-hybridized carbons (Fsp3) is 0.857. The Morgan fingerprint density at radius 3 is 2.35 bits per heavy atom. The van der Waals surface area contributed by atoms with E-state index in [0.717, 1.165) is 12.8 Å². The maximum atomic E-state index is 11.5. The molecule has 0 aliphatic carbocycles. The Morgan fingerprint density at radius 1 is 1.10 bits per heavy atom. The van der Waals surface area contributed by atoms with E-state index < -0.39 is 6.04 Å². The van der Waals surface area contributed by atoms with Crippen molar-refractivity contribution in [2.75, 3.05) is 25.1 Å². The van der Waals surface area contributed by atoms with Gasteiger partial charge in [-0.3, -0.25) is 9.59 Å². The zero-order chi connectivity index (χ0) is 15.4. The predicted molar refractivity (Wildman–Crippen MR) is 85.7 cm³/mol. The summed E-state index contributed by atoms with van der Waals surface area (Å²) >= 11 is 1.86. The molecule has 5 nitrogen and oxygen atoms in total. The number of hydrogen-bond acceptors (Lipinski definition) is 4. The van der Waals surface area contributed by atoms with Crippen molar-refractivity contribution in [1.29, 1.82) is 0 Å². The summed E-state index contributed by atoms with van der Waals surface area (Å²) in [6.07, 6.45) is 6.67. The van der Waals surface area contributed by atoms with Crippen molar-refractivity contribution in [3.63, 3.8) is 0 Å². The summed E-state index contributed by atoms with van der Waals surface area (Å²) < 4.78 is 0. The highest BCUT2D eigenvalue weighted by Crippen LogP contribution is 2.03. The lowest BCUT2D eigenvalue weighted by molar-refractivity contribution is -0.127. The van der Waals surface area contributed by atoms with E-state index in [1.807, 2.05) is 25.6 Å². The second-order valence-electron chi connectivity index (χ2n) is 5.24. The van der Waals surface area contributed by atoms with Crippen molar-refractivity contribution in [3.05, 3.63) is 0 Å². The number of unbranched alkanes of at least 4 members (excludes halogenated alkanes) is 3. The molecule has 0 heterocycles. The average Bonchev–Trinajstić information content (AvgIpc) is 2.42. The minimum atomic E-state index is -0.556. The molecule has 0 saturated heterocycles. The van der Waals surface area contributed by atoms with Crippen LogP contribution >= 0.6 is 11.8 Å². The second-order valence-corrected chi connectivity index (χ2v) is 6.23. The number of carbonyl (C=O) groups is 2. The molecule has 0 fully saturated rings. The van der Waals surface area contributed by atoms with Crippen LogP contribution in [0.5, 0.6) is 0 Å². The van der Waals surface area contributed by atoms with Crippen LogP contribution in [-0.2, 0) is 9.59 Å². The monoisotopic (exact) mass is 303 g/mol. The van der Waals surface area contributed by atoms with Gasteiger partial charge in [0.1, 0.15) is 0 Å². The van der Waals surface area contributed by atoms with Crippen LogP contribution in [0.15, 0.2) is 0 Å². The third-order valence-electron chi connectivity index (χ3n) is 3.04. The first-order valence-corrected chi connectivity index (χ1v) is 8.67. The predicted octanol–water partition coefficient (Wildman–Crippen LogP) is 1.13. The molecular formula is C14H29N3O2S. The molecular weight excluding hydrogens is 274 g/mol. The first-order chi connectivity index (χ1) is 9.49. The lowest BCUT2D eigenvalue weighted by atomic mass is 10.1. The molecule has 118 valence electrons. The Hall–Kier alpha value is -0.750. The smallest absolute Gasteiger partial charge is 0.239 e. The highest BCUT2D eigenvalue weighted by molar-refractivity contribution is 7.98. The van der Waals surface area contributed by atoms with Gasteiger partial charge in [0.15, 0.2) is 0 Å². The molecule has 0 aromatic carbocycles. The van der Waals surface area contributed by atoms with Gasteiger partial charge in [0.05, 0.1) is 12.6 Å². The molecule has 0 unspecified atom stereocenters. The average molecular weight is 303 g/mol. The largest absolute Gasteiger partial charge is 0.355 e. The van der Waals surface area contributed by atoms with Gasteiger partial charge >= 0.3 is 0 Å². The molecule has 0 rings (SSSR count). The molecule has 2 amide bonds. The van der Waals surface area contributed by atoms with Crippen LogP contribution in [0.1, 0.15) is 39.5 Å². The highest BCUT2D eigenvalue weighted by atomic mass is 32.2. The molecule has 0 saturated carbocycles. The molecule has 0 radical (unpaired) electrons. The van der Waals surface area contributed by atoms with Crippen LogP contribution in [0, 0.1) is 5.92 Å². The topological polar surface area (TPSA) is 84.2 Å². The van der Waals surface area contributed by atoms with Crippen LogP contribution in [0.25, 0.3) is 0 Å². The van der Waals surface area contributed by atoms with E-state index >= 15 is 0 Å². The van der Waals surface area contributed by atoms with Crippen molar-refractivity contribution in [2.45, 2.75) is 45.6 Å². The number of thioether (sulfide) groups is 1. The van der Waals surface area contributed by atoms with E-state index in [1.54, 1.807) is 0 Å². The molecule has 0 aromatic heterocycles. The lowest BCUT2D eigenvalue weighted by Crippen LogP contribution is -2.47. The van der Waals surface area contributed by atoms with Crippen molar-refractivity contribution in [1.82, 2.24) is 10.6 Å².